The highest BCUT2D eigenvalue weighted by Gasteiger charge is 2.21. The monoisotopic (exact) mass is 370 g/mol. The maximum atomic E-state index is 11.3. The summed E-state index contributed by atoms with van der Waals surface area (Å²) in [6.07, 6.45) is 19.4. The van der Waals surface area contributed by atoms with Crippen molar-refractivity contribution < 1.29 is 16.2 Å². The second-order valence-electron chi connectivity index (χ2n) is 6.67. The molecule has 0 radical (unpaired) electrons. The third-order valence-electron chi connectivity index (χ3n) is 3.96. The lowest BCUT2D eigenvalue weighted by atomic mass is 10.1. The van der Waals surface area contributed by atoms with Crippen LogP contribution in [0, 0.1) is 0 Å². The Bertz CT molecular complexity index is 367. The molecule has 0 spiro atoms. The molecule has 0 aliphatic carbocycles. The molecule has 23 heavy (non-hydrogen) atoms. The fourth-order valence-electron chi connectivity index (χ4n) is 2.58. The summed E-state index contributed by atoms with van der Waals surface area (Å²) in [5, 5.41) is 0. The Hall–Kier alpha value is 0.220. The largest absolute Gasteiger partial charge is 0.409 e. The Morgan fingerprint density at radius 2 is 1.09 bits per heavy atom. The summed E-state index contributed by atoms with van der Waals surface area (Å²) in [6.45, 7) is 2.26. The van der Waals surface area contributed by atoms with Gasteiger partial charge in [-0.15, -0.1) is 10.3 Å². The van der Waals surface area contributed by atoms with Crippen molar-refractivity contribution in [1.82, 2.24) is 0 Å². The van der Waals surface area contributed by atoms with Crippen molar-refractivity contribution in [2.75, 3.05) is 25.4 Å². The first-order valence-corrected chi connectivity index (χ1v) is 12.9. The van der Waals surface area contributed by atoms with Crippen molar-refractivity contribution in [2.24, 2.45) is 0 Å². The summed E-state index contributed by atoms with van der Waals surface area (Å²) in [4.78, 5) is 0. The van der Waals surface area contributed by atoms with Gasteiger partial charge < -0.3 is 0 Å². The smallest absolute Gasteiger partial charge is 0.251 e. The lowest BCUT2D eigenvalue weighted by molar-refractivity contribution is 0.340. The van der Waals surface area contributed by atoms with Gasteiger partial charge in [0, 0.05) is 0 Å². The molecule has 0 fully saturated rings. The van der Waals surface area contributed by atoms with Crippen molar-refractivity contribution in [2.45, 2.75) is 84.0 Å². The van der Waals surface area contributed by atoms with E-state index in [-0.39, 0.29) is 0 Å². The van der Waals surface area contributed by atoms with Gasteiger partial charge in [0.05, 0.1) is 7.11 Å². The Labute approximate surface area is 146 Å². The Kier molecular flexibility index (Phi) is 13.6. The minimum absolute atomic E-state index is 0.813. The van der Waals surface area contributed by atoms with E-state index in [2.05, 4.69) is 11.1 Å². The average molecular weight is 371 g/mol. The van der Waals surface area contributed by atoms with Gasteiger partial charge in [-0.05, 0) is 24.7 Å². The lowest BCUT2D eigenvalue weighted by Gasteiger charge is -2.28. The second-order valence-corrected chi connectivity index (χ2v) is 11.6. The summed E-state index contributed by atoms with van der Waals surface area (Å²) < 4.78 is 32.1. The maximum Gasteiger partial charge on any atom is 0.409 e. The summed E-state index contributed by atoms with van der Waals surface area (Å²) in [7, 11) is -4.25. The van der Waals surface area contributed by atoms with Crippen LogP contribution in [-0.2, 0) is 18.2 Å². The van der Waals surface area contributed by atoms with Crippen LogP contribution in [0.2, 0.25) is 0 Å². The molecule has 0 heterocycles. The molecule has 0 amide bonds. The van der Waals surface area contributed by atoms with E-state index in [1.54, 1.807) is 0 Å². The van der Waals surface area contributed by atoms with E-state index < -0.39 is 20.7 Å². The Morgan fingerprint density at radius 1 is 0.696 bits per heavy atom. The zero-order valence-corrected chi connectivity index (χ0v) is 17.3. The maximum absolute atomic E-state index is 11.3. The van der Waals surface area contributed by atoms with Crippen molar-refractivity contribution in [3.05, 3.63) is 0 Å². The third-order valence-corrected chi connectivity index (χ3v) is 7.78. The summed E-state index contributed by atoms with van der Waals surface area (Å²) >= 11 is 0. The van der Waals surface area contributed by atoms with Gasteiger partial charge in [-0.2, -0.15) is 12.0 Å². The molecule has 4 nitrogen and oxygen atoms in total. The minimum atomic E-state index is -3.81. The molecule has 0 saturated carbocycles. The van der Waals surface area contributed by atoms with E-state index in [0.717, 1.165) is 25.7 Å². The number of rotatable bonds is 16. The van der Waals surface area contributed by atoms with Crippen molar-refractivity contribution in [3.8, 4) is 0 Å². The topological polar surface area (TPSA) is 52.6 Å². The molecule has 0 atom stereocenters. The van der Waals surface area contributed by atoms with Crippen LogP contribution in [0.25, 0.3) is 0 Å². The van der Waals surface area contributed by atoms with Gasteiger partial charge in [0.1, 0.15) is 0 Å². The van der Waals surface area contributed by atoms with Crippen LogP contribution >= 0.6 is 10.3 Å². The van der Waals surface area contributed by atoms with E-state index in [0.29, 0.717) is 0 Å². The molecule has 6 heteroatoms. The molecule has 0 bridgehead atoms. The number of hydrogen-bond donors (Lipinski definition) is 0. The molecule has 0 aromatic carbocycles. The first-order valence-electron chi connectivity index (χ1n) is 9.05. The Balaban J connectivity index is 3.45. The van der Waals surface area contributed by atoms with Gasteiger partial charge >= 0.3 is 10.4 Å². The third kappa shape index (κ3) is 15.5. The van der Waals surface area contributed by atoms with E-state index in [9.17, 15) is 8.42 Å². The lowest BCUT2D eigenvalue weighted by Crippen LogP contribution is -2.13. The van der Waals surface area contributed by atoms with Gasteiger partial charge in [0.2, 0.25) is 0 Å². The highest BCUT2D eigenvalue weighted by atomic mass is 32.3. The normalized spacial score (nSPS) is 13.4. The van der Waals surface area contributed by atoms with Gasteiger partial charge in [0.25, 0.3) is 0 Å². The van der Waals surface area contributed by atoms with E-state index in [1.165, 1.54) is 64.2 Å². The van der Waals surface area contributed by atoms with Crippen LogP contribution < -0.4 is 0 Å². The van der Waals surface area contributed by atoms with Crippen molar-refractivity contribution in [1.29, 1.82) is 0 Å². The van der Waals surface area contributed by atoms with Gasteiger partial charge in [-0.3, -0.25) is 4.18 Å². The zero-order chi connectivity index (χ0) is 17.6. The molecular weight excluding hydrogens is 332 g/mol. The van der Waals surface area contributed by atoms with Crippen LogP contribution in [0.15, 0.2) is 0 Å². The second kappa shape index (κ2) is 13.5. The van der Waals surface area contributed by atoms with Crippen LogP contribution in [0.1, 0.15) is 84.0 Å². The van der Waals surface area contributed by atoms with Gasteiger partial charge in [-0.25, -0.2) is 0 Å². The molecule has 0 aliphatic rings. The predicted octanol–water partition coefficient (Wildman–Crippen LogP) is 5.57. The van der Waals surface area contributed by atoms with E-state index in [4.69, 9.17) is 3.63 Å². The molecule has 0 rings (SSSR count). The first kappa shape index (κ1) is 23.2. The first-order chi connectivity index (χ1) is 10.8. The molecule has 142 valence electrons. The standard InChI is InChI=1S/C17H38O4S2/c1-5-6-7-8-9-10-11-12-13-14-15-16-17-22(3,4)21-23(18,19)20-2/h5-17H2,1-4H3. The SMILES string of the molecule is CCCCCCCCCCCCCCS(C)(C)OS(=O)(=O)OC. The van der Waals surface area contributed by atoms with E-state index in [1.807, 2.05) is 12.5 Å². The van der Waals surface area contributed by atoms with Crippen LogP contribution in [0.5, 0.6) is 0 Å². The molecule has 0 aromatic heterocycles. The van der Waals surface area contributed by atoms with Crippen molar-refractivity contribution >= 4 is 20.7 Å². The Morgan fingerprint density at radius 3 is 1.48 bits per heavy atom. The molecule has 0 aromatic rings. The van der Waals surface area contributed by atoms with Crippen LogP contribution in [0.3, 0.4) is 0 Å². The van der Waals surface area contributed by atoms with Gasteiger partial charge in [-0.1, -0.05) is 77.6 Å². The highest BCUT2D eigenvalue weighted by molar-refractivity contribution is 8.31. The summed E-state index contributed by atoms with van der Waals surface area (Å²) in [5.74, 6) is 0.813. The molecule has 0 unspecified atom stereocenters. The van der Waals surface area contributed by atoms with Crippen LogP contribution in [0.4, 0.5) is 0 Å². The minimum Gasteiger partial charge on any atom is -0.251 e. The summed E-state index contributed by atoms with van der Waals surface area (Å²) in [6, 6.07) is 0. The summed E-state index contributed by atoms with van der Waals surface area (Å²) in [5.41, 5.74) is 0. The quantitative estimate of drug-likeness (QED) is 0.333. The molecule has 0 saturated heterocycles. The number of hydrogen-bond acceptors (Lipinski definition) is 4. The van der Waals surface area contributed by atoms with E-state index >= 15 is 0 Å². The van der Waals surface area contributed by atoms with Crippen molar-refractivity contribution in [3.63, 3.8) is 0 Å². The predicted molar refractivity (Wildman–Crippen MR) is 102 cm³/mol. The number of unbranched alkanes of at least 4 members (excludes halogenated alkanes) is 11. The van der Waals surface area contributed by atoms with Crippen LogP contribution in [-0.4, -0.2) is 33.8 Å². The zero-order valence-electron chi connectivity index (χ0n) is 15.6. The average Bonchev–Trinajstić information content (AvgIpc) is 2.47. The fraction of sp³-hybridized carbons (Fsp3) is 1.00. The molecular formula is C17H38O4S2. The van der Waals surface area contributed by atoms with Gasteiger partial charge in [0.15, 0.2) is 0 Å². The highest BCUT2D eigenvalue weighted by Crippen LogP contribution is 2.44. The fourth-order valence-corrected chi connectivity index (χ4v) is 5.78. The molecule has 0 N–H and O–H groups in total. The molecule has 0 aliphatic heterocycles.